The minimum Gasteiger partial charge on any atom is -0.378 e. The van der Waals surface area contributed by atoms with Gasteiger partial charge >= 0.3 is 0 Å². The number of hydrogen-bond donors (Lipinski definition) is 1. The Morgan fingerprint density at radius 1 is 1.15 bits per heavy atom. The highest BCUT2D eigenvalue weighted by molar-refractivity contribution is 6.34. The van der Waals surface area contributed by atoms with E-state index in [2.05, 4.69) is 10.3 Å². The zero-order valence-electron chi connectivity index (χ0n) is 14.8. The monoisotopic (exact) mass is 384 g/mol. The zero-order chi connectivity index (χ0) is 19.6. The van der Waals surface area contributed by atoms with Crippen LogP contribution < -0.4 is 10.2 Å². The predicted molar refractivity (Wildman–Crippen MR) is 105 cm³/mol. The van der Waals surface area contributed by atoms with Crippen molar-refractivity contribution in [1.29, 1.82) is 0 Å². The Kier molecular flexibility index (Phi) is 5.23. The van der Waals surface area contributed by atoms with Gasteiger partial charge in [0.2, 0.25) is 0 Å². The van der Waals surface area contributed by atoms with Crippen molar-refractivity contribution in [2.24, 2.45) is 0 Å². The molecule has 0 fully saturated rings. The molecule has 0 aliphatic carbocycles. The molecule has 0 aliphatic rings. The number of halogens is 1. The summed E-state index contributed by atoms with van der Waals surface area (Å²) < 4.78 is 0. The standard InChI is InChI=1S/C19H17ClN4O3/c1-23(2)13-5-3-12(4-6-13)11-22-19(25)17-14-7-8-16(20)18(24(26)27)15(14)9-10-21-17/h3-10H,11H2,1-2H3,(H,22,25). The van der Waals surface area contributed by atoms with Gasteiger partial charge in [0.25, 0.3) is 11.6 Å². The molecule has 1 N–H and O–H groups in total. The number of aromatic nitrogens is 1. The molecule has 0 saturated carbocycles. The minimum absolute atomic E-state index is 0.0195. The molecule has 1 aromatic heterocycles. The van der Waals surface area contributed by atoms with Crippen LogP contribution in [0.2, 0.25) is 5.02 Å². The van der Waals surface area contributed by atoms with Gasteiger partial charge in [0.1, 0.15) is 10.7 Å². The Hall–Kier alpha value is -3.19. The van der Waals surface area contributed by atoms with E-state index in [9.17, 15) is 14.9 Å². The largest absolute Gasteiger partial charge is 0.378 e. The highest BCUT2D eigenvalue weighted by Gasteiger charge is 2.21. The minimum atomic E-state index is -0.557. The number of carbonyl (C=O) groups is 1. The average Bonchev–Trinajstić information content (AvgIpc) is 2.65. The predicted octanol–water partition coefficient (Wildman–Crippen LogP) is 3.79. The number of anilines is 1. The second-order valence-electron chi connectivity index (χ2n) is 6.15. The molecular weight excluding hydrogens is 368 g/mol. The Morgan fingerprint density at radius 3 is 2.48 bits per heavy atom. The van der Waals surface area contributed by atoms with Gasteiger partial charge in [-0.05, 0) is 29.8 Å². The fourth-order valence-corrected chi connectivity index (χ4v) is 2.99. The summed E-state index contributed by atoms with van der Waals surface area (Å²) in [5, 5.41) is 14.8. The number of nitrogens with zero attached hydrogens (tertiary/aromatic N) is 3. The van der Waals surface area contributed by atoms with E-state index in [-0.39, 0.29) is 21.8 Å². The van der Waals surface area contributed by atoms with E-state index < -0.39 is 10.8 Å². The summed E-state index contributed by atoms with van der Waals surface area (Å²) in [4.78, 5) is 29.4. The molecule has 27 heavy (non-hydrogen) atoms. The Morgan fingerprint density at radius 2 is 1.85 bits per heavy atom. The van der Waals surface area contributed by atoms with Crippen LogP contribution in [0.15, 0.2) is 48.7 Å². The highest BCUT2D eigenvalue weighted by Crippen LogP contribution is 2.33. The second-order valence-corrected chi connectivity index (χ2v) is 6.56. The molecule has 3 rings (SSSR count). The van der Waals surface area contributed by atoms with Gasteiger partial charge in [-0.3, -0.25) is 19.9 Å². The summed E-state index contributed by atoms with van der Waals surface area (Å²) in [5.74, 6) is -0.408. The number of amides is 1. The molecule has 1 amide bonds. The first-order valence-corrected chi connectivity index (χ1v) is 8.52. The van der Waals surface area contributed by atoms with E-state index in [4.69, 9.17) is 11.6 Å². The summed E-state index contributed by atoms with van der Waals surface area (Å²) in [7, 11) is 3.91. The molecule has 138 valence electrons. The molecule has 7 nitrogen and oxygen atoms in total. The topological polar surface area (TPSA) is 88.4 Å². The molecule has 0 atom stereocenters. The van der Waals surface area contributed by atoms with E-state index >= 15 is 0 Å². The molecule has 0 aliphatic heterocycles. The maximum absolute atomic E-state index is 12.6. The van der Waals surface area contributed by atoms with Crippen LogP contribution in [0.5, 0.6) is 0 Å². The number of hydrogen-bond acceptors (Lipinski definition) is 5. The molecule has 0 saturated heterocycles. The Bertz CT molecular complexity index is 1020. The maximum Gasteiger partial charge on any atom is 0.295 e. The first-order valence-electron chi connectivity index (χ1n) is 8.14. The number of nitrogens with one attached hydrogen (secondary N) is 1. The van der Waals surface area contributed by atoms with E-state index in [0.29, 0.717) is 11.9 Å². The van der Waals surface area contributed by atoms with Gasteiger partial charge in [-0.15, -0.1) is 0 Å². The molecule has 0 radical (unpaired) electrons. The fraction of sp³-hybridized carbons (Fsp3) is 0.158. The third-order valence-corrected chi connectivity index (χ3v) is 4.48. The van der Waals surface area contributed by atoms with Crippen LogP contribution in [0, 0.1) is 10.1 Å². The quantitative estimate of drug-likeness (QED) is 0.534. The zero-order valence-corrected chi connectivity index (χ0v) is 15.5. The number of nitro benzene ring substituents is 1. The van der Waals surface area contributed by atoms with Crippen molar-refractivity contribution in [3.63, 3.8) is 0 Å². The van der Waals surface area contributed by atoms with Crippen LogP contribution in [-0.4, -0.2) is 29.9 Å². The smallest absolute Gasteiger partial charge is 0.295 e. The van der Waals surface area contributed by atoms with Crippen molar-refractivity contribution in [1.82, 2.24) is 10.3 Å². The van der Waals surface area contributed by atoms with E-state index in [1.807, 2.05) is 43.3 Å². The van der Waals surface area contributed by atoms with Crippen LogP contribution in [0.4, 0.5) is 11.4 Å². The van der Waals surface area contributed by atoms with Crippen molar-refractivity contribution in [3.05, 3.63) is 75.1 Å². The van der Waals surface area contributed by atoms with E-state index in [0.717, 1.165) is 11.3 Å². The molecule has 2 aromatic carbocycles. The molecule has 0 unspecified atom stereocenters. The fourth-order valence-electron chi connectivity index (χ4n) is 2.76. The molecule has 0 bridgehead atoms. The maximum atomic E-state index is 12.6. The number of benzene rings is 2. The van der Waals surface area contributed by atoms with Crippen molar-refractivity contribution in [3.8, 4) is 0 Å². The SMILES string of the molecule is CN(C)c1ccc(CNC(=O)c2nccc3c([N+](=O)[O-])c(Cl)ccc23)cc1. The van der Waals surface area contributed by atoms with Gasteiger partial charge in [-0.25, -0.2) is 0 Å². The number of rotatable bonds is 5. The van der Waals surface area contributed by atoms with Gasteiger partial charge in [0.15, 0.2) is 0 Å². The van der Waals surface area contributed by atoms with Crippen LogP contribution in [0.25, 0.3) is 10.8 Å². The molecule has 3 aromatic rings. The van der Waals surface area contributed by atoms with Crippen LogP contribution in [-0.2, 0) is 6.54 Å². The van der Waals surface area contributed by atoms with Crippen LogP contribution in [0.1, 0.15) is 16.1 Å². The van der Waals surface area contributed by atoms with Gasteiger partial charge < -0.3 is 10.2 Å². The average molecular weight is 385 g/mol. The van der Waals surface area contributed by atoms with Crippen molar-refractivity contribution < 1.29 is 9.72 Å². The van der Waals surface area contributed by atoms with Crippen LogP contribution >= 0.6 is 11.6 Å². The van der Waals surface area contributed by atoms with Crippen molar-refractivity contribution in [2.75, 3.05) is 19.0 Å². The van der Waals surface area contributed by atoms with Gasteiger partial charge in [-0.2, -0.15) is 0 Å². The lowest BCUT2D eigenvalue weighted by atomic mass is 10.1. The lowest BCUT2D eigenvalue weighted by Crippen LogP contribution is -2.24. The lowest BCUT2D eigenvalue weighted by molar-refractivity contribution is -0.382. The first-order chi connectivity index (χ1) is 12.9. The van der Waals surface area contributed by atoms with Crippen LogP contribution in [0.3, 0.4) is 0 Å². The molecular formula is C19H17ClN4O3. The summed E-state index contributed by atoms with van der Waals surface area (Å²) in [5.41, 5.74) is 1.88. The highest BCUT2D eigenvalue weighted by atomic mass is 35.5. The van der Waals surface area contributed by atoms with E-state index in [1.54, 1.807) is 6.07 Å². The molecule has 1 heterocycles. The second kappa shape index (κ2) is 7.59. The number of nitro groups is 1. The third-order valence-electron chi connectivity index (χ3n) is 4.17. The summed E-state index contributed by atoms with van der Waals surface area (Å²) in [6.45, 7) is 0.320. The first kappa shape index (κ1) is 18.6. The number of fused-ring (bicyclic) bond motifs is 1. The Labute approximate surface area is 160 Å². The molecule has 0 spiro atoms. The lowest BCUT2D eigenvalue weighted by Gasteiger charge is -2.13. The Balaban J connectivity index is 1.86. The van der Waals surface area contributed by atoms with Crippen molar-refractivity contribution in [2.45, 2.75) is 6.54 Å². The van der Waals surface area contributed by atoms with E-state index in [1.165, 1.54) is 18.3 Å². The number of carbonyl (C=O) groups excluding carboxylic acids is 1. The third kappa shape index (κ3) is 3.83. The summed E-state index contributed by atoms with van der Waals surface area (Å²) in [6, 6.07) is 12.2. The summed E-state index contributed by atoms with van der Waals surface area (Å²) >= 11 is 5.94. The van der Waals surface area contributed by atoms with Gasteiger partial charge in [-0.1, -0.05) is 29.8 Å². The van der Waals surface area contributed by atoms with Gasteiger partial charge in [0, 0.05) is 37.9 Å². The molecule has 8 heteroatoms. The van der Waals surface area contributed by atoms with Gasteiger partial charge in [0.05, 0.1) is 10.3 Å². The normalized spacial score (nSPS) is 10.6. The number of pyridine rings is 1. The summed E-state index contributed by atoms with van der Waals surface area (Å²) in [6.07, 6.45) is 1.37. The van der Waals surface area contributed by atoms with Crippen molar-refractivity contribution >= 4 is 39.7 Å².